The summed E-state index contributed by atoms with van der Waals surface area (Å²) in [5.74, 6) is -0.414. The molecule has 1 aromatic rings. The first kappa shape index (κ1) is 10.9. The molecule has 16 heavy (non-hydrogen) atoms. The number of nitrogens with one attached hydrogen (secondary N) is 1. The van der Waals surface area contributed by atoms with Crippen LogP contribution in [-0.4, -0.2) is 35.6 Å². The number of methoxy groups -OCH3 is 1. The van der Waals surface area contributed by atoms with Crippen molar-refractivity contribution in [1.82, 2.24) is 0 Å². The van der Waals surface area contributed by atoms with Crippen LogP contribution in [-0.2, 0) is 11.2 Å². The van der Waals surface area contributed by atoms with Crippen molar-refractivity contribution in [3.63, 3.8) is 0 Å². The molecule has 0 aliphatic carbocycles. The monoisotopic (exact) mass is 223 g/mol. The fraction of sp³-hybridized carbons (Fsp3) is 0.364. The fourth-order valence-corrected chi connectivity index (χ4v) is 1.74. The minimum atomic E-state index is -0.962. The molecule has 0 bridgehead atoms. The first-order valence-electron chi connectivity index (χ1n) is 4.95. The second-order valence-electron chi connectivity index (χ2n) is 3.72. The molecule has 1 aliphatic heterocycles. The first-order chi connectivity index (χ1) is 7.61. The highest BCUT2D eigenvalue weighted by Crippen LogP contribution is 2.25. The Morgan fingerprint density at radius 2 is 2.25 bits per heavy atom. The van der Waals surface area contributed by atoms with Crippen molar-refractivity contribution in [3.8, 4) is 0 Å². The molecule has 0 aromatic heterocycles. The van der Waals surface area contributed by atoms with Crippen LogP contribution in [0.2, 0.25) is 0 Å². The smallest absolute Gasteiger partial charge is 0.337 e. The molecule has 86 valence electrons. The van der Waals surface area contributed by atoms with Crippen LogP contribution in [0.1, 0.15) is 15.9 Å². The molecule has 1 aliphatic rings. The number of aliphatic hydroxyl groups is 2. The summed E-state index contributed by atoms with van der Waals surface area (Å²) in [5.41, 5.74) is 1.96. The van der Waals surface area contributed by atoms with E-state index in [-0.39, 0.29) is 0 Å². The molecule has 0 amide bonds. The van der Waals surface area contributed by atoms with E-state index in [1.54, 1.807) is 18.2 Å². The average molecular weight is 223 g/mol. The van der Waals surface area contributed by atoms with Crippen LogP contribution in [0, 0.1) is 0 Å². The summed E-state index contributed by atoms with van der Waals surface area (Å²) < 4.78 is 4.60. The normalized spacial score (nSPS) is 23.2. The van der Waals surface area contributed by atoms with Crippen LogP contribution in [0.15, 0.2) is 18.2 Å². The van der Waals surface area contributed by atoms with Crippen molar-refractivity contribution in [1.29, 1.82) is 0 Å². The Balaban J connectivity index is 2.32. The van der Waals surface area contributed by atoms with Gasteiger partial charge in [-0.05, 0) is 23.8 Å². The van der Waals surface area contributed by atoms with Crippen molar-refractivity contribution >= 4 is 11.7 Å². The van der Waals surface area contributed by atoms with E-state index >= 15 is 0 Å². The van der Waals surface area contributed by atoms with Crippen LogP contribution >= 0.6 is 0 Å². The summed E-state index contributed by atoms with van der Waals surface area (Å²) in [4.78, 5) is 11.3. The number of carbonyl (C=O) groups is 1. The van der Waals surface area contributed by atoms with Crippen molar-refractivity contribution in [2.24, 2.45) is 0 Å². The Hall–Kier alpha value is -1.59. The number of carbonyl (C=O) groups excluding carboxylic acids is 1. The largest absolute Gasteiger partial charge is 0.465 e. The number of hydrogen-bond acceptors (Lipinski definition) is 5. The van der Waals surface area contributed by atoms with Gasteiger partial charge in [0.15, 0.2) is 6.23 Å². The maximum Gasteiger partial charge on any atom is 0.337 e. The second kappa shape index (κ2) is 4.11. The first-order valence-corrected chi connectivity index (χ1v) is 4.95. The highest BCUT2D eigenvalue weighted by molar-refractivity contribution is 5.90. The lowest BCUT2D eigenvalue weighted by Gasteiger charge is -2.27. The van der Waals surface area contributed by atoms with Gasteiger partial charge >= 0.3 is 5.97 Å². The van der Waals surface area contributed by atoms with Crippen LogP contribution in [0.5, 0.6) is 0 Å². The molecule has 0 saturated heterocycles. The molecule has 0 saturated carbocycles. The topological polar surface area (TPSA) is 78.8 Å². The third kappa shape index (κ3) is 1.87. The lowest BCUT2D eigenvalue weighted by Crippen LogP contribution is -2.38. The van der Waals surface area contributed by atoms with Crippen molar-refractivity contribution in [3.05, 3.63) is 29.3 Å². The van der Waals surface area contributed by atoms with Crippen molar-refractivity contribution in [2.75, 3.05) is 12.4 Å². The Morgan fingerprint density at radius 1 is 1.50 bits per heavy atom. The quantitative estimate of drug-likeness (QED) is 0.589. The van der Waals surface area contributed by atoms with Crippen molar-refractivity contribution < 1.29 is 19.7 Å². The molecule has 2 unspecified atom stereocenters. The van der Waals surface area contributed by atoms with E-state index in [4.69, 9.17) is 0 Å². The summed E-state index contributed by atoms with van der Waals surface area (Å²) in [5, 5.41) is 21.6. The highest BCUT2D eigenvalue weighted by Gasteiger charge is 2.24. The maximum atomic E-state index is 11.3. The van der Waals surface area contributed by atoms with Gasteiger partial charge < -0.3 is 20.3 Å². The maximum absolute atomic E-state index is 11.3. The van der Waals surface area contributed by atoms with Gasteiger partial charge in [-0.3, -0.25) is 0 Å². The van der Waals surface area contributed by atoms with E-state index in [0.717, 1.165) is 11.3 Å². The number of esters is 1. The predicted molar refractivity (Wildman–Crippen MR) is 57.1 cm³/mol. The summed E-state index contributed by atoms with van der Waals surface area (Å²) in [6.45, 7) is 0. The number of aliphatic hydroxyl groups excluding tert-OH is 2. The van der Waals surface area contributed by atoms with Gasteiger partial charge in [0.05, 0.1) is 12.7 Å². The molecule has 5 heteroatoms. The number of rotatable bonds is 1. The van der Waals surface area contributed by atoms with Crippen LogP contribution in [0.3, 0.4) is 0 Å². The molecule has 0 fully saturated rings. The molecular formula is C11H13NO4. The lowest BCUT2D eigenvalue weighted by atomic mass is 9.98. The zero-order valence-corrected chi connectivity index (χ0v) is 8.80. The molecule has 0 radical (unpaired) electrons. The van der Waals surface area contributed by atoms with Gasteiger partial charge in [-0.15, -0.1) is 0 Å². The lowest BCUT2D eigenvalue weighted by molar-refractivity contribution is 0.0333. The molecule has 2 atom stereocenters. The van der Waals surface area contributed by atoms with Gasteiger partial charge in [-0.2, -0.15) is 0 Å². The molecule has 3 N–H and O–H groups in total. The molecule has 0 spiro atoms. The number of hydrogen-bond donors (Lipinski definition) is 3. The summed E-state index contributed by atoms with van der Waals surface area (Å²) in [6, 6.07) is 4.96. The predicted octanol–water partition coefficient (Wildman–Crippen LogP) is 0.120. The molecule has 1 aromatic carbocycles. The zero-order valence-electron chi connectivity index (χ0n) is 8.80. The standard InChI is InChI=1S/C11H13NO4/c1-16-11(15)6-2-3-8-7(4-6)5-9(13)10(14)12-8/h2-4,9-10,12-14H,5H2,1H3. The Morgan fingerprint density at radius 3 is 2.94 bits per heavy atom. The Kier molecular flexibility index (Phi) is 2.80. The van der Waals surface area contributed by atoms with Gasteiger partial charge in [-0.25, -0.2) is 4.79 Å². The molecular weight excluding hydrogens is 210 g/mol. The summed E-state index contributed by atoms with van der Waals surface area (Å²) >= 11 is 0. The van der Waals surface area contributed by atoms with E-state index in [0.29, 0.717) is 12.0 Å². The third-order valence-electron chi connectivity index (χ3n) is 2.62. The Labute approximate surface area is 92.7 Å². The third-order valence-corrected chi connectivity index (χ3v) is 2.62. The minimum absolute atomic E-state index is 0.314. The van der Waals surface area contributed by atoms with E-state index in [2.05, 4.69) is 10.1 Å². The molecule has 1 heterocycles. The SMILES string of the molecule is COC(=O)c1ccc2c(c1)CC(O)C(O)N2. The van der Waals surface area contributed by atoms with Crippen molar-refractivity contribution in [2.45, 2.75) is 18.8 Å². The molecule has 2 rings (SSSR count). The van der Waals surface area contributed by atoms with Gasteiger partial charge in [0, 0.05) is 12.1 Å². The van der Waals surface area contributed by atoms with E-state index in [9.17, 15) is 15.0 Å². The number of ether oxygens (including phenoxy) is 1. The fourth-order valence-electron chi connectivity index (χ4n) is 1.74. The summed E-state index contributed by atoms with van der Waals surface area (Å²) in [7, 11) is 1.32. The highest BCUT2D eigenvalue weighted by atomic mass is 16.5. The van der Waals surface area contributed by atoms with Crippen LogP contribution in [0.4, 0.5) is 5.69 Å². The number of anilines is 1. The average Bonchev–Trinajstić information content (AvgIpc) is 2.29. The Bertz CT molecular complexity index is 418. The van der Waals surface area contributed by atoms with Crippen LogP contribution in [0.25, 0.3) is 0 Å². The van der Waals surface area contributed by atoms with Gasteiger partial charge in [0.25, 0.3) is 0 Å². The van der Waals surface area contributed by atoms with Gasteiger partial charge in [0.1, 0.15) is 6.10 Å². The summed E-state index contributed by atoms with van der Waals surface area (Å²) in [6.07, 6.45) is -1.51. The number of fused-ring (bicyclic) bond motifs is 1. The minimum Gasteiger partial charge on any atom is -0.465 e. The van der Waals surface area contributed by atoms with E-state index in [1.165, 1.54) is 7.11 Å². The number of benzene rings is 1. The second-order valence-corrected chi connectivity index (χ2v) is 3.72. The van der Waals surface area contributed by atoms with Gasteiger partial charge in [-0.1, -0.05) is 0 Å². The zero-order chi connectivity index (χ0) is 11.7. The van der Waals surface area contributed by atoms with E-state index < -0.39 is 18.3 Å². The molecule has 5 nitrogen and oxygen atoms in total. The van der Waals surface area contributed by atoms with E-state index in [1.807, 2.05) is 0 Å². The van der Waals surface area contributed by atoms with Crippen LogP contribution < -0.4 is 5.32 Å². The van der Waals surface area contributed by atoms with Gasteiger partial charge in [0.2, 0.25) is 0 Å².